The molecular weight excluding hydrogens is 350 g/mol. The fraction of sp³-hybridized carbons (Fsp3) is 0.421. The summed E-state index contributed by atoms with van der Waals surface area (Å²) in [6.45, 7) is 8.75. The lowest BCUT2D eigenvalue weighted by Crippen LogP contribution is -2.49. The van der Waals surface area contributed by atoms with Crippen LogP contribution in [0.1, 0.15) is 48.8 Å². The van der Waals surface area contributed by atoms with E-state index in [4.69, 9.17) is 4.74 Å². The van der Waals surface area contributed by atoms with Gasteiger partial charge < -0.3 is 15.0 Å². The molecule has 2 rings (SSSR count). The van der Waals surface area contributed by atoms with E-state index in [-0.39, 0.29) is 11.7 Å². The van der Waals surface area contributed by atoms with Gasteiger partial charge in [0.15, 0.2) is 5.69 Å². The molecule has 2 aromatic rings. The Morgan fingerprint density at radius 1 is 1.23 bits per heavy atom. The first-order valence-corrected chi connectivity index (χ1v) is 9.40. The highest BCUT2D eigenvalue weighted by Crippen LogP contribution is 2.20. The van der Waals surface area contributed by atoms with Gasteiger partial charge in [0.05, 0.1) is 13.2 Å². The van der Waals surface area contributed by atoms with E-state index < -0.39 is 11.5 Å². The Morgan fingerprint density at radius 2 is 1.92 bits per heavy atom. The summed E-state index contributed by atoms with van der Waals surface area (Å²) in [5, 5.41) is 5.30. The van der Waals surface area contributed by atoms with Crippen LogP contribution >= 0.6 is 11.3 Å². The van der Waals surface area contributed by atoms with Crippen molar-refractivity contribution in [1.82, 2.24) is 15.2 Å². The molecule has 1 heterocycles. The summed E-state index contributed by atoms with van der Waals surface area (Å²) in [6, 6.07) is 9.58. The normalized spacial score (nSPS) is 11.1. The number of amides is 2. The van der Waals surface area contributed by atoms with Gasteiger partial charge in [-0.25, -0.2) is 14.6 Å². The van der Waals surface area contributed by atoms with Crippen LogP contribution in [0.5, 0.6) is 0 Å². The maximum absolute atomic E-state index is 12.7. The maximum Gasteiger partial charge on any atom is 0.357 e. The summed E-state index contributed by atoms with van der Waals surface area (Å²) >= 11 is 1.35. The number of thiazole rings is 1. The molecule has 0 bridgehead atoms. The smallest absolute Gasteiger partial charge is 0.357 e. The van der Waals surface area contributed by atoms with Crippen LogP contribution in [-0.4, -0.2) is 34.0 Å². The van der Waals surface area contributed by atoms with Gasteiger partial charge in [-0.1, -0.05) is 30.3 Å². The number of nitrogens with one attached hydrogen (secondary N) is 1. The first-order chi connectivity index (χ1) is 12.3. The highest BCUT2D eigenvalue weighted by atomic mass is 32.1. The monoisotopic (exact) mass is 375 g/mol. The minimum atomic E-state index is -0.439. The molecule has 0 unspecified atom stereocenters. The fourth-order valence-corrected chi connectivity index (χ4v) is 3.05. The van der Waals surface area contributed by atoms with Crippen molar-refractivity contribution in [3.63, 3.8) is 0 Å². The Balaban J connectivity index is 2.05. The number of nitrogens with zero attached hydrogens (tertiary/aromatic N) is 2. The van der Waals surface area contributed by atoms with Crippen LogP contribution in [0, 0.1) is 0 Å². The van der Waals surface area contributed by atoms with Crippen LogP contribution in [0.3, 0.4) is 0 Å². The van der Waals surface area contributed by atoms with Crippen LogP contribution in [0.2, 0.25) is 0 Å². The Bertz CT molecular complexity index is 738. The van der Waals surface area contributed by atoms with Crippen LogP contribution in [0.4, 0.5) is 4.79 Å². The van der Waals surface area contributed by atoms with E-state index in [1.54, 1.807) is 17.2 Å². The zero-order valence-electron chi connectivity index (χ0n) is 15.6. The lowest BCUT2D eigenvalue weighted by Gasteiger charge is -2.35. The van der Waals surface area contributed by atoms with Crippen LogP contribution in [0.25, 0.3) is 0 Å². The van der Waals surface area contributed by atoms with Gasteiger partial charge in [-0.05, 0) is 33.3 Å². The van der Waals surface area contributed by atoms with E-state index in [1.807, 2.05) is 51.1 Å². The van der Waals surface area contributed by atoms with Gasteiger partial charge >= 0.3 is 12.0 Å². The molecule has 0 fully saturated rings. The lowest BCUT2D eigenvalue weighted by atomic mass is 10.1. The average Bonchev–Trinajstić information content (AvgIpc) is 3.07. The second kappa shape index (κ2) is 8.80. The Labute approximate surface area is 158 Å². The zero-order chi connectivity index (χ0) is 19.2. The molecule has 0 aliphatic carbocycles. The van der Waals surface area contributed by atoms with E-state index in [2.05, 4.69) is 10.3 Å². The quantitative estimate of drug-likeness (QED) is 0.779. The number of carbonyl (C=O) groups excluding carboxylic acids is 2. The highest BCUT2D eigenvalue weighted by molar-refractivity contribution is 7.09. The van der Waals surface area contributed by atoms with Gasteiger partial charge in [-0.2, -0.15) is 0 Å². The second-order valence-electron chi connectivity index (χ2n) is 6.75. The molecule has 1 aromatic heterocycles. The number of rotatable bonds is 6. The van der Waals surface area contributed by atoms with E-state index in [9.17, 15) is 9.59 Å². The van der Waals surface area contributed by atoms with Gasteiger partial charge in [0, 0.05) is 17.5 Å². The van der Waals surface area contributed by atoms with Gasteiger partial charge in [-0.15, -0.1) is 11.3 Å². The molecule has 6 nitrogen and oxygen atoms in total. The molecular formula is C19H25N3O3S. The van der Waals surface area contributed by atoms with Crippen LogP contribution in [0.15, 0.2) is 35.7 Å². The molecule has 0 saturated carbocycles. The molecule has 26 heavy (non-hydrogen) atoms. The van der Waals surface area contributed by atoms with Crippen molar-refractivity contribution in [3.05, 3.63) is 52.0 Å². The van der Waals surface area contributed by atoms with E-state index in [0.717, 1.165) is 5.56 Å². The minimum Gasteiger partial charge on any atom is -0.461 e. The van der Waals surface area contributed by atoms with Crippen LogP contribution < -0.4 is 5.32 Å². The molecule has 1 N–H and O–H groups in total. The molecule has 0 spiro atoms. The van der Waals surface area contributed by atoms with E-state index in [1.165, 1.54) is 11.3 Å². The average molecular weight is 375 g/mol. The predicted octanol–water partition coefficient (Wildman–Crippen LogP) is 3.83. The standard InChI is InChI=1S/C19H25N3O3S/c1-5-25-17(23)15-13-26-16(21-15)12-22(19(2,3)4)18(24)20-11-14-9-7-6-8-10-14/h6-10,13H,5,11-12H2,1-4H3,(H,20,24). The van der Waals surface area contributed by atoms with Gasteiger partial charge in [0.25, 0.3) is 0 Å². The summed E-state index contributed by atoms with van der Waals surface area (Å²) in [5.41, 5.74) is 0.926. The predicted molar refractivity (Wildman–Crippen MR) is 102 cm³/mol. The summed E-state index contributed by atoms with van der Waals surface area (Å²) in [5.74, 6) is -0.439. The molecule has 0 aliphatic heterocycles. The van der Waals surface area contributed by atoms with Gasteiger partial charge in [0.1, 0.15) is 5.01 Å². The third-order valence-electron chi connectivity index (χ3n) is 3.67. The molecule has 140 valence electrons. The van der Waals surface area contributed by atoms with Crippen molar-refractivity contribution < 1.29 is 14.3 Å². The van der Waals surface area contributed by atoms with Crippen molar-refractivity contribution in [1.29, 1.82) is 0 Å². The van der Waals surface area contributed by atoms with Crippen molar-refractivity contribution >= 4 is 23.3 Å². The Kier molecular flexibility index (Phi) is 6.74. The molecule has 0 radical (unpaired) electrons. The summed E-state index contributed by atoms with van der Waals surface area (Å²) in [6.07, 6.45) is 0. The van der Waals surface area contributed by atoms with Gasteiger partial charge in [0.2, 0.25) is 0 Å². The number of carbonyl (C=O) groups is 2. The van der Waals surface area contributed by atoms with Gasteiger partial charge in [-0.3, -0.25) is 0 Å². The number of aromatic nitrogens is 1. The summed E-state index contributed by atoms with van der Waals surface area (Å²) < 4.78 is 4.96. The number of benzene rings is 1. The molecule has 2 amide bonds. The number of hydrogen-bond acceptors (Lipinski definition) is 5. The first-order valence-electron chi connectivity index (χ1n) is 8.52. The molecule has 0 aliphatic rings. The summed E-state index contributed by atoms with van der Waals surface area (Å²) in [4.78, 5) is 30.5. The molecule has 0 saturated heterocycles. The minimum absolute atomic E-state index is 0.172. The largest absolute Gasteiger partial charge is 0.461 e. The molecule has 0 atom stereocenters. The number of urea groups is 1. The van der Waals surface area contributed by atoms with Crippen molar-refractivity contribution in [2.75, 3.05) is 6.61 Å². The Hall–Kier alpha value is -2.41. The van der Waals surface area contributed by atoms with Crippen molar-refractivity contribution in [2.24, 2.45) is 0 Å². The number of hydrogen-bond donors (Lipinski definition) is 1. The van der Waals surface area contributed by atoms with E-state index in [0.29, 0.717) is 24.7 Å². The SMILES string of the molecule is CCOC(=O)c1csc(CN(C(=O)NCc2ccccc2)C(C)(C)C)n1. The maximum atomic E-state index is 12.7. The lowest BCUT2D eigenvalue weighted by molar-refractivity contribution is 0.0520. The van der Waals surface area contributed by atoms with Crippen molar-refractivity contribution in [2.45, 2.75) is 46.3 Å². The highest BCUT2D eigenvalue weighted by Gasteiger charge is 2.27. The van der Waals surface area contributed by atoms with Crippen LogP contribution in [-0.2, 0) is 17.8 Å². The van der Waals surface area contributed by atoms with E-state index >= 15 is 0 Å². The first kappa shape index (κ1) is 19.9. The number of ether oxygens (including phenoxy) is 1. The molecule has 1 aromatic carbocycles. The zero-order valence-corrected chi connectivity index (χ0v) is 16.4. The fourth-order valence-electron chi connectivity index (χ4n) is 2.30. The third kappa shape index (κ3) is 5.56. The summed E-state index contributed by atoms with van der Waals surface area (Å²) in [7, 11) is 0. The Morgan fingerprint density at radius 3 is 2.54 bits per heavy atom. The van der Waals surface area contributed by atoms with Crippen molar-refractivity contribution in [3.8, 4) is 0 Å². The molecule has 7 heteroatoms. The second-order valence-corrected chi connectivity index (χ2v) is 7.69. The number of esters is 1. The topological polar surface area (TPSA) is 71.5 Å². The third-order valence-corrected chi connectivity index (χ3v) is 4.50.